The first kappa shape index (κ1) is 18.3. The highest BCUT2D eigenvalue weighted by Crippen LogP contribution is 2.22. The first-order valence-electron chi connectivity index (χ1n) is 9.46. The van der Waals surface area contributed by atoms with E-state index in [0.717, 1.165) is 64.0 Å². The number of hydrogen-bond acceptors (Lipinski definition) is 5. The van der Waals surface area contributed by atoms with Gasteiger partial charge in [-0.3, -0.25) is 14.7 Å². The van der Waals surface area contributed by atoms with Crippen molar-refractivity contribution in [2.45, 2.75) is 44.2 Å². The number of pyridine rings is 1. The standard InChI is InChI=1S/C19H30N4O2/c20-17-4-3-16(13-23(14-17)18-6-10-25-11-7-18)19(24)22-9-5-15-2-1-8-21-12-15/h1-2,8,12,16-18H,3-7,9-11,13-14,20H2,(H,22,24)/t16-,17+/m1/s1. The van der Waals surface area contributed by atoms with Gasteiger partial charge in [-0.2, -0.15) is 0 Å². The molecule has 2 fully saturated rings. The number of hydrogen-bond donors (Lipinski definition) is 2. The number of amides is 1. The van der Waals surface area contributed by atoms with Crippen LogP contribution in [0.1, 0.15) is 31.2 Å². The molecule has 25 heavy (non-hydrogen) atoms. The van der Waals surface area contributed by atoms with Gasteiger partial charge >= 0.3 is 0 Å². The fourth-order valence-corrected chi connectivity index (χ4v) is 3.84. The molecular weight excluding hydrogens is 316 g/mol. The number of carbonyl (C=O) groups excluding carboxylic acids is 1. The molecule has 2 aliphatic rings. The van der Waals surface area contributed by atoms with E-state index >= 15 is 0 Å². The third kappa shape index (κ3) is 5.49. The van der Waals surface area contributed by atoms with Crippen LogP contribution >= 0.6 is 0 Å². The van der Waals surface area contributed by atoms with Gasteiger partial charge in [0.1, 0.15) is 0 Å². The normalized spacial score (nSPS) is 26.1. The molecule has 3 heterocycles. The van der Waals surface area contributed by atoms with Crippen LogP contribution in [0.4, 0.5) is 0 Å². The number of rotatable bonds is 5. The van der Waals surface area contributed by atoms with Crippen molar-refractivity contribution in [3.05, 3.63) is 30.1 Å². The lowest BCUT2D eigenvalue weighted by Gasteiger charge is -2.35. The van der Waals surface area contributed by atoms with Gasteiger partial charge in [-0.05, 0) is 43.7 Å². The first-order valence-corrected chi connectivity index (χ1v) is 9.46. The Kier molecular flexibility index (Phi) is 6.78. The fraction of sp³-hybridized carbons (Fsp3) is 0.684. The lowest BCUT2D eigenvalue weighted by Crippen LogP contribution is -2.47. The number of nitrogens with two attached hydrogens (primary N) is 1. The lowest BCUT2D eigenvalue weighted by molar-refractivity contribution is -0.125. The van der Waals surface area contributed by atoms with Gasteiger partial charge < -0.3 is 15.8 Å². The van der Waals surface area contributed by atoms with Crippen LogP contribution in [0.25, 0.3) is 0 Å². The summed E-state index contributed by atoms with van der Waals surface area (Å²) >= 11 is 0. The zero-order valence-electron chi connectivity index (χ0n) is 14.9. The molecule has 3 rings (SSSR count). The largest absolute Gasteiger partial charge is 0.381 e. The molecule has 0 aliphatic carbocycles. The van der Waals surface area contributed by atoms with E-state index in [9.17, 15) is 4.79 Å². The van der Waals surface area contributed by atoms with Gasteiger partial charge in [0.25, 0.3) is 0 Å². The maximum Gasteiger partial charge on any atom is 0.224 e. The van der Waals surface area contributed by atoms with Gasteiger partial charge in [-0.15, -0.1) is 0 Å². The van der Waals surface area contributed by atoms with Crippen LogP contribution in [-0.2, 0) is 16.0 Å². The van der Waals surface area contributed by atoms with E-state index in [4.69, 9.17) is 10.5 Å². The Labute approximate surface area is 150 Å². The minimum Gasteiger partial charge on any atom is -0.381 e. The van der Waals surface area contributed by atoms with Crippen molar-refractivity contribution < 1.29 is 9.53 Å². The summed E-state index contributed by atoms with van der Waals surface area (Å²) in [6.45, 7) is 4.00. The summed E-state index contributed by atoms with van der Waals surface area (Å²) in [7, 11) is 0. The predicted octanol–water partition coefficient (Wildman–Crippen LogP) is 0.959. The summed E-state index contributed by atoms with van der Waals surface area (Å²) in [5.41, 5.74) is 7.41. The number of aromatic nitrogens is 1. The molecule has 1 aromatic heterocycles. The van der Waals surface area contributed by atoms with Crippen molar-refractivity contribution >= 4 is 5.91 Å². The Balaban J connectivity index is 1.51. The molecule has 3 N–H and O–H groups in total. The molecule has 0 unspecified atom stereocenters. The average Bonchev–Trinajstić information content (AvgIpc) is 2.85. The molecule has 2 saturated heterocycles. The molecule has 0 bridgehead atoms. The van der Waals surface area contributed by atoms with Crippen LogP contribution < -0.4 is 11.1 Å². The second-order valence-corrected chi connectivity index (χ2v) is 7.23. The zero-order valence-corrected chi connectivity index (χ0v) is 14.9. The van der Waals surface area contributed by atoms with Crippen molar-refractivity contribution in [3.63, 3.8) is 0 Å². The topological polar surface area (TPSA) is 80.5 Å². The third-order valence-corrected chi connectivity index (χ3v) is 5.32. The number of nitrogens with one attached hydrogen (secondary N) is 1. The number of ether oxygens (including phenoxy) is 1. The Hall–Kier alpha value is -1.50. The van der Waals surface area contributed by atoms with Crippen LogP contribution in [0, 0.1) is 5.92 Å². The molecule has 6 heteroatoms. The monoisotopic (exact) mass is 346 g/mol. The summed E-state index contributed by atoms with van der Waals surface area (Å²) < 4.78 is 5.48. The summed E-state index contributed by atoms with van der Waals surface area (Å²) in [5.74, 6) is 0.195. The average molecular weight is 346 g/mol. The molecule has 1 amide bonds. The van der Waals surface area contributed by atoms with Gasteiger partial charge in [0.2, 0.25) is 5.91 Å². The van der Waals surface area contributed by atoms with E-state index in [1.165, 1.54) is 0 Å². The Morgan fingerprint density at radius 3 is 2.88 bits per heavy atom. The molecular formula is C19H30N4O2. The molecule has 1 aromatic rings. The summed E-state index contributed by atoms with van der Waals surface area (Å²) in [5, 5.41) is 3.11. The molecule has 0 saturated carbocycles. The maximum absolute atomic E-state index is 12.7. The molecule has 138 valence electrons. The fourth-order valence-electron chi connectivity index (χ4n) is 3.84. The Morgan fingerprint density at radius 2 is 2.12 bits per heavy atom. The van der Waals surface area contributed by atoms with Gasteiger partial charge in [0.15, 0.2) is 0 Å². The number of nitrogens with zero attached hydrogens (tertiary/aromatic N) is 2. The maximum atomic E-state index is 12.7. The van der Waals surface area contributed by atoms with E-state index in [1.807, 2.05) is 18.3 Å². The van der Waals surface area contributed by atoms with Crippen LogP contribution in [0.15, 0.2) is 24.5 Å². The smallest absolute Gasteiger partial charge is 0.224 e. The van der Waals surface area contributed by atoms with Crippen molar-refractivity contribution in [2.24, 2.45) is 11.7 Å². The predicted molar refractivity (Wildman–Crippen MR) is 97.1 cm³/mol. The highest BCUT2D eigenvalue weighted by Gasteiger charge is 2.31. The van der Waals surface area contributed by atoms with Gasteiger partial charge in [0, 0.05) is 57.3 Å². The van der Waals surface area contributed by atoms with Crippen LogP contribution in [0.2, 0.25) is 0 Å². The van der Waals surface area contributed by atoms with Crippen molar-refractivity contribution in [2.75, 3.05) is 32.8 Å². The van der Waals surface area contributed by atoms with E-state index in [-0.39, 0.29) is 17.9 Å². The van der Waals surface area contributed by atoms with E-state index in [1.54, 1.807) is 6.20 Å². The molecule has 6 nitrogen and oxygen atoms in total. The first-order chi connectivity index (χ1) is 12.2. The minimum atomic E-state index is 0.0327. The van der Waals surface area contributed by atoms with Crippen LogP contribution in [0.5, 0.6) is 0 Å². The Morgan fingerprint density at radius 1 is 1.28 bits per heavy atom. The quantitative estimate of drug-likeness (QED) is 0.830. The van der Waals surface area contributed by atoms with Crippen molar-refractivity contribution in [1.82, 2.24) is 15.2 Å². The van der Waals surface area contributed by atoms with Gasteiger partial charge in [0.05, 0.1) is 5.92 Å². The highest BCUT2D eigenvalue weighted by molar-refractivity contribution is 5.78. The van der Waals surface area contributed by atoms with E-state index in [2.05, 4.69) is 15.2 Å². The zero-order chi connectivity index (χ0) is 17.5. The molecule has 2 aliphatic heterocycles. The number of likely N-dealkylation sites (tertiary alicyclic amines) is 1. The summed E-state index contributed by atoms with van der Waals surface area (Å²) in [4.78, 5) is 19.2. The van der Waals surface area contributed by atoms with Gasteiger partial charge in [-0.1, -0.05) is 6.07 Å². The van der Waals surface area contributed by atoms with Crippen molar-refractivity contribution in [3.8, 4) is 0 Å². The van der Waals surface area contributed by atoms with Gasteiger partial charge in [-0.25, -0.2) is 0 Å². The molecule has 0 aromatic carbocycles. The Bertz CT molecular complexity index is 533. The minimum absolute atomic E-state index is 0.0327. The highest BCUT2D eigenvalue weighted by atomic mass is 16.5. The molecule has 0 radical (unpaired) electrons. The SMILES string of the molecule is N[C@H]1CC[C@@H](C(=O)NCCc2cccnc2)CN(C2CCOCC2)C1. The number of carbonyl (C=O) groups is 1. The second-order valence-electron chi connectivity index (χ2n) is 7.23. The van der Waals surface area contributed by atoms with Crippen LogP contribution in [0.3, 0.4) is 0 Å². The van der Waals surface area contributed by atoms with Crippen LogP contribution in [-0.4, -0.2) is 60.7 Å². The second kappa shape index (κ2) is 9.27. The molecule has 2 atom stereocenters. The molecule has 0 spiro atoms. The van der Waals surface area contributed by atoms with Crippen molar-refractivity contribution in [1.29, 1.82) is 0 Å². The van der Waals surface area contributed by atoms with E-state index < -0.39 is 0 Å². The lowest BCUT2D eigenvalue weighted by atomic mass is 10.0. The summed E-state index contributed by atoms with van der Waals surface area (Å²) in [6.07, 6.45) is 8.31. The third-order valence-electron chi connectivity index (χ3n) is 5.32. The summed E-state index contributed by atoms with van der Waals surface area (Å²) in [6, 6.07) is 4.63. The van der Waals surface area contributed by atoms with E-state index in [0.29, 0.717) is 12.6 Å².